The van der Waals surface area contributed by atoms with E-state index in [2.05, 4.69) is 34.5 Å². The Morgan fingerprint density at radius 1 is 0.567 bits per heavy atom. The lowest BCUT2D eigenvalue weighted by Crippen LogP contribution is -2.66. The molecule has 4 aromatic heterocycles. The van der Waals surface area contributed by atoms with Crippen molar-refractivity contribution in [3.05, 3.63) is 169 Å². The van der Waals surface area contributed by atoms with Crippen molar-refractivity contribution in [3.63, 3.8) is 0 Å². The number of anilines is 2. The van der Waals surface area contributed by atoms with Crippen LogP contribution in [0.1, 0.15) is 15.4 Å². The molecule has 346 valence electrons. The molecule has 0 aliphatic carbocycles. The van der Waals surface area contributed by atoms with E-state index in [4.69, 9.17) is 14.7 Å². The molecule has 1 spiro atoms. The van der Waals surface area contributed by atoms with E-state index in [0.29, 0.717) is 16.8 Å². The monoisotopic (exact) mass is 937 g/mol. The highest BCUT2D eigenvalue weighted by Gasteiger charge is 2.49. The van der Waals surface area contributed by atoms with Gasteiger partial charge in [0, 0.05) is 80.2 Å². The van der Waals surface area contributed by atoms with Crippen molar-refractivity contribution >= 4 is 53.5 Å². The van der Waals surface area contributed by atoms with E-state index >= 15 is 0 Å². The zero-order chi connectivity index (χ0) is 45.9. The molecule has 11 rings (SSSR count). The largest absolute Gasteiger partial charge is 0.380 e. The molecule has 0 amide bonds. The molecule has 3 N–H and O–H groups in total. The maximum Gasteiger partial charge on any atom is 0.240 e. The molecule has 3 fully saturated rings. The normalized spacial score (nSPS) is 15.7. The summed E-state index contributed by atoms with van der Waals surface area (Å²) in [5.74, 6) is 0. The van der Waals surface area contributed by atoms with Crippen molar-refractivity contribution in [3.8, 4) is 22.5 Å². The summed E-state index contributed by atoms with van der Waals surface area (Å²) in [6, 6.07) is 44.4. The third kappa shape index (κ3) is 9.77. The summed E-state index contributed by atoms with van der Waals surface area (Å²) in [6.07, 6.45) is 3.62. The molecule has 3 aliphatic heterocycles. The minimum Gasteiger partial charge on any atom is -0.380 e. The fourth-order valence-electron chi connectivity index (χ4n) is 8.63. The Bertz CT molecular complexity index is 3290. The molecule has 0 saturated carbocycles. The van der Waals surface area contributed by atoms with Crippen LogP contribution in [0.15, 0.2) is 168 Å². The van der Waals surface area contributed by atoms with E-state index in [1.165, 1.54) is 0 Å². The Morgan fingerprint density at radius 2 is 1.04 bits per heavy atom. The molecule has 16 heteroatoms. The fraction of sp³-hybridized carbons (Fsp3) is 0.216. The number of nitrogens with one attached hydrogen (secondary N) is 3. The van der Waals surface area contributed by atoms with Crippen molar-refractivity contribution in [1.29, 1.82) is 0 Å². The van der Waals surface area contributed by atoms with Crippen LogP contribution in [0.25, 0.3) is 44.6 Å². The average Bonchev–Trinajstić information content (AvgIpc) is 3.35. The number of pyridine rings is 4. The van der Waals surface area contributed by atoms with Crippen molar-refractivity contribution < 1.29 is 25.9 Å². The number of sulfonamides is 2. The van der Waals surface area contributed by atoms with Crippen molar-refractivity contribution in [2.75, 3.05) is 62.3 Å². The smallest absolute Gasteiger partial charge is 0.240 e. The molecule has 0 unspecified atom stereocenters. The number of rotatable bonds is 12. The third-order valence-corrected chi connectivity index (χ3v) is 15.1. The summed E-state index contributed by atoms with van der Waals surface area (Å²) in [5, 5.41) is 3.37. The van der Waals surface area contributed by atoms with Gasteiger partial charge in [0.15, 0.2) is 0 Å². The van der Waals surface area contributed by atoms with Crippen LogP contribution in [0.5, 0.6) is 0 Å². The number of ether oxygens (including phenoxy) is 1. The van der Waals surface area contributed by atoms with E-state index in [1.54, 1.807) is 36.4 Å². The van der Waals surface area contributed by atoms with Gasteiger partial charge in [-0.25, -0.2) is 36.2 Å². The molecule has 0 bridgehead atoms. The van der Waals surface area contributed by atoms with Crippen LogP contribution in [0.2, 0.25) is 0 Å². The number of nitrogens with zero attached hydrogens (tertiary/aromatic N) is 6. The molecule has 0 atom stereocenters. The fourth-order valence-corrected chi connectivity index (χ4v) is 10.8. The van der Waals surface area contributed by atoms with Gasteiger partial charge in [0.1, 0.15) is 11.0 Å². The molecule has 7 heterocycles. The SMILES string of the molecule is O=S(=O)(NCc1ccccc1)c1cccc(-c2ccc3nccc(N4CC5(COC5)C4)c3n2)c1.O=S(=O)(NCc1ccccc1)c1cccc(-c2ccc3nccc(N4CCNCC4)c3n2)c1.[HH].[HH].[HH]. The van der Waals surface area contributed by atoms with Gasteiger partial charge in [-0.3, -0.25) is 9.97 Å². The van der Waals surface area contributed by atoms with Crippen LogP contribution in [-0.4, -0.2) is 89.3 Å². The van der Waals surface area contributed by atoms with Crippen LogP contribution in [0.3, 0.4) is 0 Å². The van der Waals surface area contributed by atoms with Crippen molar-refractivity contribution in [1.82, 2.24) is 34.7 Å². The maximum atomic E-state index is 12.9. The lowest BCUT2D eigenvalue weighted by atomic mass is 9.78. The second kappa shape index (κ2) is 18.9. The number of fused-ring (bicyclic) bond motifs is 2. The quantitative estimate of drug-likeness (QED) is 0.110. The Morgan fingerprint density at radius 3 is 1.51 bits per heavy atom. The molecule has 0 radical (unpaired) electrons. The van der Waals surface area contributed by atoms with Crippen molar-refractivity contribution in [2.24, 2.45) is 5.41 Å². The van der Waals surface area contributed by atoms with E-state index in [0.717, 1.165) is 108 Å². The molecule has 8 aromatic rings. The Labute approximate surface area is 394 Å². The van der Waals surface area contributed by atoms with Crippen LogP contribution >= 0.6 is 0 Å². The van der Waals surface area contributed by atoms with Gasteiger partial charge in [0.05, 0.1) is 62.2 Å². The standard InChI is InChI=1S/C26H24N4O3S.C25H25N5O2S.3H2/c31-34(32,28-14-19-5-2-1-3-6-19)21-8-4-7-20(13-21)22-9-10-23-25(29-22)24(11-12-27-23)30-15-26(16-30)17-33-18-26;31-33(32,28-18-19-5-2-1-3-6-19)21-8-4-7-20(17-21)22-9-10-23-25(29-22)24(11-12-27-23)30-15-13-26-14-16-30;;;/h1-13,28H,14-18H2;1-12,17,26,28H,13-16,18H2;3*1H. The third-order valence-electron chi connectivity index (χ3n) is 12.3. The number of aromatic nitrogens is 4. The van der Waals surface area contributed by atoms with E-state index < -0.39 is 20.0 Å². The van der Waals surface area contributed by atoms with Gasteiger partial charge in [-0.05, 0) is 71.8 Å². The molecular formula is C51H55N9O5S2. The number of piperazine rings is 1. The number of benzene rings is 4. The second-order valence-corrected chi connectivity index (χ2v) is 20.6. The molecule has 3 saturated heterocycles. The summed E-state index contributed by atoms with van der Waals surface area (Å²) < 4.78 is 62.4. The Balaban J connectivity index is 0.000000198. The van der Waals surface area contributed by atoms with Crippen LogP contribution in [0.4, 0.5) is 11.4 Å². The molecule has 3 aliphatic rings. The first-order chi connectivity index (χ1) is 32.6. The lowest BCUT2D eigenvalue weighted by molar-refractivity contribution is -0.126. The highest BCUT2D eigenvalue weighted by atomic mass is 32.2. The van der Waals surface area contributed by atoms with E-state index in [1.807, 2.05) is 122 Å². The predicted molar refractivity (Wildman–Crippen MR) is 268 cm³/mol. The van der Waals surface area contributed by atoms with Gasteiger partial charge in [0.25, 0.3) is 0 Å². The topological polar surface area (TPSA) is 172 Å². The molecule has 4 aromatic carbocycles. The molecule has 67 heavy (non-hydrogen) atoms. The first kappa shape index (κ1) is 44.2. The van der Waals surface area contributed by atoms with Crippen molar-refractivity contribution in [2.45, 2.75) is 22.9 Å². The van der Waals surface area contributed by atoms with Crippen LogP contribution < -0.4 is 24.6 Å². The van der Waals surface area contributed by atoms with Gasteiger partial charge >= 0.3 is 0 Å². The lowest BCUT2D eigenvalue weighted by Gasteiger charge is -2.56. The predicted octanol–water partition coefficient (Wildman–Crippen LogP) is 7.53. The van der Waals surface area contributed by atoms with Gasteiger partial charge < -0.3 is 19.9 Å². The van der Waals surface area contributed by atoms with Crippen LogP contribution in [0, 0.1) is 5.41 Å². The van der Waals surface area contributed by atoms with Gasteiger partial charge in [-0.2, -0.15) is 0 Å². The zero-order valence-electron chi connectivity index (χ0n) is 36.6. The highest BCUT2D eigenvalue weighted by Crippen LogP contribution is 2.42. The van der Waals surface area contributed by atoms with E-state index in [-0.39, 0.29) is 27.2 Å². The van der Waals surface area contributed by atoms with Crippen LogP contribution in [-0.2, 0) is 37.9 Å². The van der Waals surface area contributed by atoms with Gasteiger partial charge in [0.2, 0.25) is 20.0 Å². The highest BCUT2D eigenvalue weighted by molar-refractivity contribution is 7.89. The average molecular weight is 938 g/mol. The molecular weight excluding hydrogens is 883 g/mol. The van der Waals surface area contributed by atoms with Gasteiger partial charge in [-0.1, -0.05) is 84.9 Å². The minimum atomic E-state index is -3.67. The number of hydrogen-bond acceptors (Lipinski definition) is 12. The maximum absolute atomic E-state index is 12.9. The molecule has 14 nitrogen and oxygen atoms in total. The first-order valence-electron chi connectivity index (χ1n) is 22.2. The second-order valence-electron chi connectivity index (χ2n) is 17.1. The summed E-state index contributed by atoms with van der Waals surface area (Å²) in [6.45, 7) is 7.71. The minimum absolute atomic E-state index is 0. The summed E-state index contributed by atoms with van der Waals surface area (Å²) in [4.78, 5) is 23.8. The number of hydrogen-bond donors (Lipinski definition) is 3. The summed E-state index contributed by atoms with van der Waals surface area (Å²) >= 11 is 0. The Kier molecular flexibility index (Phi) is 12.5. The zero-order valence-corrected chi connectivity index (χ0v) is 38.3. The summed E-state index contributed by atoms with van der Waals surface area (Å²) in [5.41, 5.74) is 10.4. The first-order valence-corrected chi connectivity index (χ1v) is 25.2. The van der Waals surface area contributed by atoms with Gasteiger partial charge in [-0.15, -0.1) is 0 Å². The Hall–Kier alpha value is -6.66. The van der Waals surface area contributed by atoms with E-state index in [9.17, 15) is 16.8 Å². The summed E-state index contributed by atoms with van der Waals surface area (Å²) in [7, 11) is -7.33.